The van der Waals surface area contributed by atoms with Crippen LogP contribution in [0, 0.1) is 0 Å². The SMILES string of the molecule is N[C@H](Cc1ccccc1)c1cncn1Cc1cccnn1. The monoisotopic (exact) mass is 279 g/mol. The highest BCUT2D eigenvalue weighted by Crippen LogP contribution is 2.16. The number of hydrogen-bond donors (Lipinski definition) is 1. The van der Waals surface area contributed by atoms with Gasteiger partial charge < -0.3 is 10.3 Å². The zero-order chi connectivity index (χ0) is 14.5. The summed E-state index contributed by atoms with van der Waals surface area (Å²) >= 11 is 0. The molecule has 106 valence electrons. The molecule has 2 heterocycles. The van der Waals surface area contributed by atoms with Crippen molar-refractivity contribution in [3.05, 3.63) is 78.1 Å². The molecule has 0 aliphatic carbocycles. The zero-order valence-corrected chi connectivity index (χ0v) is 11.6. The van der Waals surface area contributed by atoms with Crippen molar-refractivity contribution in [3.63, 3.8) is 0 Å². The molecule has 0 fully saturated rings. The van der Waals surface area contributed by atoms with Crippen molar-refractivity contribution < 1.29 is 0 Å². The van der Waals surface area contributed by atoms with Crippen molar-refractivity contribution in [2.45, 2.75) is 19.0 Å². The van der Waals surface area contributed by atoms with Gasteiger partial charge >= 0.3 is 0 Å². The van der Waals surface area contributed by atoms with Crippen LogP contribution < -0.4 is 5.73 Å². The second-order valence-electron chi connectivity index (χ2n) is 4.96. The van der Waals surface area contributed by atoms with Gasteiger partial charge in [0.15, 0.2) is 0 Å². The van der Waals surface area contributed by atoms with Crippen molar-refractivity contribution in [3.8, 4) is 0 Å². The molecule has 0 aliphatic heterocycles. The topological polar surface area (TPSA) is 69.6 Å². The van der Waals surface area contributed by atoms with Crippen LogP contribution in [0.25, 0.3) is 0 Å². The Labute approximate surface area is 123 Å². The standard InChI is InChI=1S/C16H17N5/c17-15(9-13-5-2-1-3-6-13)16-10-18-12-21(16)11-14-7-4-8-19-20-14/h1-8,10,12,15H,9,11,17H2/t15-/m1/s1. The van der Waals surface area contributed by atoms with Crippen LogP contribution in [0.4, 0.5) is 0 Å². The highest BCUT2D eigenvalue weighted by Gasteiger charge is 2.13. The first-order valence-corrected chi connectivity index (χ1v) is 6.89. The minimum Gasteiger partial charge on any atom is -0.327 e. The average Bonchev–Trinajstić information content (AvgIpc) is 2.97. The fraction of sp³-hybridized carbons (Fsp3) is 0.188. The van der Waals surface area contributed by atoms with Gasteiger partial charge in [-0.05, 0) is 24.1 Å². The minimum absolute atomic E-state index is 0.0911. The van der Waals surface area contributed by atoms with E-state index in [1.165, 1.54) is 5.56 Å². The number of imidazole rings is 1. The molecule has 21 heavy (non-hydrogen) atoms. The molecule has 0 aliphatic rings. The van der Waals surface area contributed by atoms with Crippen molar-refractivity contribution in [1.82, 2.24) is 19.7 Å². The molecule has 0 spiro atoms. The Hall–Kier alpha value is -2.53. The van der Waals surface area contributed by atoms with E-state index in [9.17, 15) is 0 Å². The maximum atomic E-state index is 6.33. The highest BCUT2D eigenvalue weighted by molar-refractivity contribution is 5.19. The molecule has 1 aromatic carbocycles. The summed E-state index contributed by atoms with van der Waals surface area (Å²) < 4.78 is 2.03. The van der Waals surface area contributed by atoms with Gasteiger partial charge in [-0.25, -0.2) is 4.98 Å². The van der Waals surface area contributed by atoms with Crippen LogP contribution in [-0.2, 0) is 13.0 Å². The van der Waals surface area contributed by atoms with Gasteiger partial charge in [-0.3, -0.25) is 0 Å². The lowest BCUT2D eigenvalue weighted by Gasteiger charge is -2.14. The molecular weight excluding hydrogens is 262 g/mol. The van der Waals surface area contributed by atoms with E-state index in [4.69, 9.17) is 5.73 Å². The quantitative estimate of drug-likeness (QED) is 0.775. The molecule has 5 nitrogen and oxygen atoms in total. The summed E-state index contributed by atoms with van der Waals surface area (Å²) in [5.41, 5.74) is 9.45. The molecule has 3 aromatic rings. The highest BCUT2D eigenvalue weighted by atomic mass is 15.1. The molecule has 5 heteroatoms. The first-order valence-electron chi connectivity index (χ1n) is 6.89. The Balaban J connectivity index is 1.75. The van der Waals surface area contributed by atoms with Crippen molar-refractivity contribution in [2.24, 2.45) is 5.73 Å². The van der Waals surface area contributed by atoms with Crippen LogP contribution >= 0.6 is 0 Å². The lowest BCUT2D eigenvalue weighted by molar-refractivity contribution is 0.623. The lowest BCUT2D eigenvalue weighted by Crippen LogP contribution is -2.18. The summed E-state index contributed by atoms with van der Waals surface area (Å²) in [7, 11) is 0. The maximum Gasteiger partial charge on any atom is 0.0952 e. The molecule has 2 N–H and O–H groups in total. The van der Waals surface area contributed by atoms with Crippen LogP contribution in [0.2, 0.25) is 0 Å². The maximum absolute atomic E-state index is 6.33. The lowest BCUT2D eigenvalue weighted by atomic mass is 10.0. The van der Waals surface area contributed by atoms with E-state index < -0.39 is 0 Å². The number of benzene rings is 1. The predicted molar refractivity (Wildman–Crippen MR) is 80.4 cm³/mol. The predicted octanol–water partition coefficient (Wildman–Crippen LogP) is 1.96. The van der Waals surface area contributed by atoms with Gasteiger partial charge in [0.05, 0.1) is 30.3 Å². The van der Waals surface area contributed by atoms with Crippen molar-refractivity contribution in [2.75, 3.05) is 0 Å². The van der Waals surface area contributed by atoms with E-state index in [0.717, 1.165) is 17.8 Å². The van der Waals surface area contributed by atoms with E-state index in [0.29, 0.717) is 6.54 Å². The first-order chi connectivity index (χ1) is 10.3. The van der Waals surface area contributed by atoms with Gasteiger partial charge in [-0.2, -0.15) is 10.2 Å². The molecule has 3 rings (SSSR count). The van der Waals surface area contributed by atoms with E-state index in [1.54, 1.807) is 12.5 Å². The van der Waals surface area contributed by atoms with Gasteiger partial charge in [0.25, 0.3) is 0 Å². The summed E-state index contributed by atoms with van der Waals surface area (Å²) in [5.74, 6) is 0. The molecule has 0 saturated carbocycles. The summed E-state index contributed by atoms with van der Waals surface area (Å²) in [6, 6.07) is 14.0. The van der Waals surface area contributed by atoms with Gasteiger partial charge in [-0.15, -0.1) is 0 Å². The third kappa shape index (κ3) is 3.32. The Morgan fingerprint density at radius 1 is 1.10 bits per heavy atom. The fourth-order valence-electron chi connectivity index (χ4n) is 2.34. The molecule has 0 saturated heterocycles. The Morgan fingerprint density at radius 2 is 1.95 bits per heavy atom. The smallest absolute Gasteiger partial charge is 0.0952 e. The third-order valence-electron chi connectivity index (χ3n) is 3.38. The zero-order valence-electron chi connectivity index (χ0n) is 11.6. The molecular formula is C16H17N5. The van der Waals surface area contributed by atoms with E-state index in [-0.39, 0.29) is 6.04 Å². The average molecular weight is 279 g/mol. The first kappa shape index (κ1) is 13.5. The molecule has 0 radical (unpaired) electrons. The fourth-order valence-corrected chi connectivity index (χ4v) is 2.34. The normalized spacial score (nSPS) is 12.2. The van der Waals surface area contributed by atoms with Crippen molar-refractivity contribution >= 4 is 0 Å². The molecule has 0 amide bonds. The molecule has 0 bridgehead atoms. The number of nitrogens with zero attached hydrogens (tertiary/aromatic N) is 4. The summed E-state index contributed by atoms with van der Waals surface area (Å²) in [6.45, 7) is 0.631. The molecule has 0 unspecified atom stereocenters. The van der Waals surface area contributed by atoms with E-state index in [2.05, 4.69) is 27.3 Å². The van der Waals surface area contributed by atoms with Gasteiger partial charge in [0.2, 0.25) is 0 Å². The van der Waals surface area contributed by atoms with E-state index >= 15 is 0 Å². The van der Waals surface area contributed by atoms with Crippen molar-refractivity contribution in [1.29, 1.82) is 0 Å². The largest absolute Gasteiger partial charge is 0.327 e. The second-order valence-corrected chi connectivity index (χ2v) is 4.96. The third-order valence-corrected chi connectivity index (χ3v) is 3.38. The summed E-state index contributed by atoms with van der Waals surface area (Å²) in [5, 5.41) is 7.99. The minimum atomic E-state index is -0.0911. The van der Waals surface area contributed by atoms with Crippen LogP contribution in [0.15, 0.2) is 61.2 Å². The number of nitrogens with two attached hydrogens (primary N) is 1. The summed E-state index contributed by atoms with van der Waals surface area (Å²) in [6.07, 6.45) is 6.06. The number of aromatic nitrogens is 4. The Kier molecular flexibility index (Phi) is 4.02. The Morgan fingerprint density at radius 3 is 2.71 bits per heavy atom. The number of hydrogen-bond acceptors (Lipinski definition) is 4. The molecule has 2 aromatic heterocycles. The number of rotatable bonds is 5. The van der Waals surface area contributed by atoms with Crippen LogP contribution in [0.3, 0.4) is 0 Å². The van der Waals surface area contributed by atoms with Crippen LogP contribution in [-0.4, -0.2) is 19.7 Å². The van der Waals surface area contributed by atoms with Gasteiger partial charge in [-0.1, -0.05) is 30.3 Å². The van der Waals surface area contributed by atoms with Crippen LogP contribution in [0.1, 0.15) is 23.0 Å². The summed E-state index contributed by atoms with van der Waals surface area (Å²) in [4.78, 5) is 4.22. The van der Waals surface area contributed by atoms with Gasteiger partial charge in [0, 0.05) is 12.4 Å². The van der Waals surface area contributed by atoms with Crippen LogP contribution in [0.5, 0.6) is 0 Å². The van der Waals surface area contributed by atoms with Gasteiger partial charge in [0.1, 0.15) is 0 Å². The Bertz CT molecular complexity index is 678. The molecule has 1 atom stereocenters. The second kappa shape index (κ2) is 6.28. The van der Waals surface area contributed by atoms with E-state index in [1.807, 2.05) is 41.1 Å².